The van der Waals surface area contributed by atoms with Gasteiger partial charge in [0.05, 0.1) is 0 Å². The number of carbonyl (C=O) groups is 1. The normalized spacial score (nSPS) is 17.2. The van der Waals surface area contributed by atoms with Gasteiger partial charge >= 0.3 is 0 Å². The molecule has 1 saturated carbocycles. The summed E-state index contributed by atoms with van der Waals surface area (Å²) in [6.45, 7) is 6.26. The third-order valence-electron chi connectivity index (χ3n) is 3.71. The standard InChI is InChI=1S/C15H20O/c1-10-4-5-11(2)14(8-10)9-15(16)12(3)13-6-7-13/h4-5,8,12-13H,6-7,9H2,1-3H3. The first kappa shape index (κ1) is 11.4. The van der Waals surface area contributed by atoms with Gasteiger partial charge in [0, 0.05) is 12.3 Å². The SMILES string of the molecule is Cc1ccc(C)c(CC(=O)C(C)C2CC2)c1. The van der Waals surface area contributed by atoms with Gasteiger partial charge in [0.15, 0.2) is 0 Å². The predicted octanol–water partition coefficient (Wildman–Crippen LogP) is 3.46. The lowest BCUT2D eigenvalue weighted by Gasteiger charge is -2.11. The first-order chi connectivity index (χ1) is 7.58. The summed E-state index contributed by atoms with van der Waals surface area (Å²) in [4.78, 5) is 12.1. The van der Waals surface area contributed by atoms with Gasteiger partial charge in [0.1, 0.15) is 5.78 Å². The number of aryl methyl sites for hydroxylation is 2. The van der Waals surface area contributed by atoms with E-state index in [-0.39, 0.29) is 5.92 Å². The zero-order chi connectivity index (χ0) is 11.7. The van der Waals surface area contributed by atoms with E-state index in [1.807, 2.05) is 0 Å². The molecule has 0 aliphatic heterocycles. The predicted molar refractivity (Wildman–Crippen MR) is 66.5 cm³/mol. The van der Waals surface area contributed by atoms with Crippen LogP contribution in [0.3, 0.4) is 0 Å². The second kappa shape index (κ2) is 4.40. The molecule has 0 spiro atoms. The smallest absolute Gasteiger partial charge is 0.140 e. The van der Waals surface area contributed by atoms with E-state index < -0.39 is 0 Å². The molecule has 0 radical (unpaired) electrons. The van der Waals surface area contributed by atoms with Crippen molar-refractivity contribution in [2.24, 2.45) is 11.8 Å². The Labute approximate surface area is 97.9 Å². The molecule has 0 saturated heterocycles. The molecule has 0 bridgehead atoms. The van der Waals surface area contributed by atoms with E-state index in [4.69, 9.17) is 0 Å². The first-order valence-corrected chi connectivity index (χ1v) is 6.17. The fraction of sp³-hybridized carbons (Fsp3) is 0.533. The van der Waals surface area contributed by atoms with Crippen LogP contribution >= 0.6 is 0 Å². The highest BCUT2D eigenvalue weighted by molar-refractivity contribution is 5.83. The van der Waals surface area contributed by atoms with Gasteiger partial charge in [-0.2, -0.15) is 0 Å². The summed E-state index contributed by atoms with van der Waals surface area (Å²) < 4.78 is 0. The van der Waals surface area contributed by atoms with E-state index >= 15 is 0 Å². The molecule has 1 aromatic rings. The molecule has 1 nitrogen and oxygen atoms in total. The Morgan fingerprint density at radius 3 is 2.69 bits per heavy atom. The topological polar surface area (TPSA) is 17.1 Å². The molecule has 1 aliphatic rings. The van der Waals surface area contributed by atoms with Crippen molar-refractivity contribution < 1.29 is 4.79 Å². The van der Waals surface area contributed by atoms with Gasteiger partial charge in [-0.25, -0.2) is 0 Å². The van der Waals surface area contributed by atoms with Crippen LogP contribution in [-0.2, 0) is 11.2 Å². The number of rotatable bonds is 4. The fourth-order valence-corrected chi connectivity index (χ4v) is 2.20. The van der Waals surface area contributed by atoms with Crippen LogP contribution in [0.4, 0.5) is 0 Å². The maximum Gasteiger partial charge on any atom is 0.140 e. The minimum absolute atomic E-state index is 0.264. The van der Waals surface area contributed by atoms with E-state index in [0.29, 0.717) is 18.1 Å². The molecule has 1 atom stereocenters. The van der Waals surface area contributed by atoms with Crippen molar-refractivity contribution in [1.82, 2.24) is 0 Å². The van der Waals surface area contributed by atoms with Crippen LogP contribution in [0.15, 0.2) is 18.2 Å². The van der Waals surface area contributed by atoms with E-state index in [1.165, 1.54) is 29.5 Å². The summed E-state index contributed by atoms with van der Waals surface area (Å²) in [6, 6.07) is 6.36. The zero-order valence-electron chi connectivity index (χ0n) is 10.4. The van der Waals surface area contributed by atoms with E-state index in [1.54, 1.807) is 0 Å². The quantitative estimate of drug-likeness (QED) is 0.753. The minimum atomic E-state index is 0.264. The Kier molecular flexibility index (Phi) is 3.13. The minimum Gasteiger partial charge on any atom is -0.299 e. The van der Waals surface area contributed by atoms with E-state index in [9.17, 15) is 4.79 Å². The van der Waals surface area contributed by atoms with Gasteiger partial charge in [-0.1, -0.05) is 30.7 Å². The van der Waals surface area contributed by atoms with Crippen LogP contribution in [0.25, 0.3) is 0 Å². The van der Waals surface area contributed by atoms with E-state index in [2.05, 4.69) is 39.0 Å². The van der Waals surface area contributed by atoms with Crippen molar-refractivity contribution in [3.8, 4) is 0 Å². The van der Waals surface area contributed by atoms with Gasteiger partial charge in [0.2, 0.25) is 0 Å². The Balaban J connectivity index is 2.07. The van der Waals surface area contributed by atoms with Crippen LogP contribution in [0.1, 0.15) is 36.5 Å². The summed E-state index contributed by atoms with van der Waals surface area (Å²) in [7, 11) is 0. The highest BCUT2D eigenvalue weighted by Gasteiger charge is 2.32. The maximum atomic E-state index is 12.1. The number of Topliss-reactive ketones (excluding diaryl/α,β-unsaturated/α-hetero) is 1. The Morgan fingerprint density at radius 2 is 2.06 bits per heavy atom. The second-order valence-corrected chi connectivity index (χ2v) is 5.20. The number of hydrogen-bond donors (Lipinski definition) is 0. The molecule has 1 aliphatic carbocycles. The maximum absolute atomic E-state index is 12.1. The lowest BCUT2D eigenvalue weighted by molar-refractivity contribution is -0.122. The van der Waals surface area contributed by atoms with Gasteiger partial charge in [-0.3, -0.25) is 4.79 Å². The Hall–Kier alpha value is -1.11. The molecule has 0 amide bonds. The summed E-state index contributed by atoms with van der Waals surface area (Å²) in [6.07, 6.45) is 3.12. The highest BCUT2D eigenvalue weighted by atomic mass is 16.1. The van der Waals surface area contributed by atoms with Crippen LogP contribution < -0.4 is 0 Å². The average molecular weight is 216 g/mol. The molecule has 1 heteroatoms. The molecule has 0 N–H and O–H groups in total. The van der Waals surface area contributed by atoms with Gasteiger partial charge < -0.3 is 0 Å². The van der Waals surface area contributed by atoms with Crippen LogP contribution in [-0.4, -0.2) is 5.78 Å². The third kappa shape index (κ3) is 2.52. The lowest BCUT2D eigenvalue weighted by Crippen LogP contribution is -2.16. The molecule has 0 heterocycles. The Bertz CT molecular complexity index is 402. The number of benzene rings is 1. The summed E-state index contributed by atoms with van der Waals surface area (Å²) in [5.41, 5.74) is 3.69. The first-order valence-electron chi connectivity index (χ1n) is 6.17. The fourth-order valence-electron chi connectivity index (χ4n) is 2.20. The third-order valence-corrected chi connectivity index (χ3v) is 3.71. The lowest BCUT2D eigenvalue weighted by atomic mass is 9.93. The molecule has 0 aromatic heterocycles. The average Bonchev–Trinajstić information content (AvgIpc) is 3.06. The molecular weight excluding hydrogens is 196 g/mol. The monoisotopic (exact) mass is 216 g/mol. The van der Waals surface area contributed by atoms with Crippen molar-refractivity contribution in [3.63, 3.8) is 0 Å². The summed E-state index contributed by atoms with van der Waals surface area (Å²) in [5, 5.41) is 0. The summed E-state index contributed by atoms with van der Waals surface area (Å²) >= 11 is 0. The Morgan fingerprint density at radius 1 is 1.38 bits per heavy atom. The van der Waals surface area contributed by atoms with Crippen LogP contribution in [0.5, 0.6) is 0 Å². The number of carbonyl (C=O) groups excluding carboxylic acids is 1. The highest BCUT2D eigenvalue weighted by Crippen LogP contribution is 2.37. The molecule has 2 rings (SSSR count). The molecule has 1 aromatic carbocycles. The van der Waals surface area contributed by atoms with Crippen LogP contribution in [0, 0.1) is 25.7 Å². The van der Waals surface area contributed by atoms with Gasteiger partial charge in [-0.15, -0.1) is 0 Å². The van der Waals surface area contributed by atoms with Crippen LogP contribution in [0.2, 0.25) is 0 Å². The largest absolute Gasteiger partial charge is 0.299 e. The number of ketones is 1. The number of hydrogen-bond acceptors (Lipinski definition) is 1. The molecule has 1 unspecified atom stereocenters. The molecule has 1 fully saturated rings. The van der Waals surface area contributed by atoms with Crippen molar-refractivity contribution in [2.75, 3.05) is 0 Å². The molecule has 86 valence electrons. The zero-order valence-corrected chi connectivity index (χ0v) is 10.4. The molecule has 16 heavy (non-hydrogen) atoms. The van der Waals surface area contributed by atoms with Gasteiger partial charge in [0.25, 0.3) is 0 Å². The van der Waals surface area contributed by atoms with Crippen molar-refractivity contribution >= 4 is 5.78 Å². The second-order valence-electron chi connectivity index (χ2n) is 5.20. The van der Waals surface area contributed by atoms with Crippen molar-refractivity contribution in [2.45, 2.75) is 40.0 Å². The summed E-state index contributed by atoms with van der Waals surface area (Å²) in [5.74, 6) is 1.36. The van der Waals surface area contributed by atoms with Gasteiger partial charge in [-0.05, 0) is 43.7 Å². The van der Waals surface area contributed by atoms with Crippen molar-refractivity contribution in [1.29, 1.82) is 0 Å². The molecular formula is C15H20O. The van der Waals surface area contributed by atoms with E-state index in [0.717, 1.165) is 0 Å². The van der Waals surface area contributed by atoms with Crippen molar-refractivity contribution in [3.05, 3.63) is 34.9 Å².